The third-order valence-corrected chi connectivity index (χ3v) is 4.70. The van der Waals surface area contributed by atoms with Gasteiger partial charge in [0.15, 0.2) is 0 Å². The van der Waals surface area contributed by atoms with E-state index in [2.05, 4.69) is 15.0 Å². The van der Waals surface area contributed by atoms with Crippen molar-refractivity contribution in [2.24, 2.45) is 0 Å². The Morgan fingerprint density at radius 3 is 2.54 bits per heavy atom. The molecule has 2 N–H and O–H groups in total. The summed E-state index contributed by atoms with van der Waals surface area (Å²) in [6.07, 6.45) is 1.44. The number of nitrogens with one attached hydrogen (secondary N) is 2. The van der Waals surface area contributed by atoms with E-state index in [-0.39, 0.29) is 10.5 Å². The van der Waals surface area contributed by atoms with Crippen LogP contribution in [0.2, 0.25) is 0 Å². The largest absolute Gasteiger partial charge is 0.369 e. The number of hydrogen-bond donors (Lipinski definition) is 2. The fraction of sp³-hybridized carbons (Fsp3) is 0.312. The number of nitrogens with zero attached hydrogens (tertiary/aromatic N) is 2. The maximum absolute atomic E-state index is 13.3. The zero-order valence-electron chi connectivity index (χ0n) is 13.9. The van der Waals surface area contributed by atoms with Gasteiger partial charge in [-0.05, 0) is 56.9 Å². The van der Waals surface area contributed by atoms with Crippen molar-refractivity contribution in [3.05, 3.63) is 47.9 Å². The van der Waals surface area contributed by atoms with E-state index in [1.165, 1.54) is 25.3 Å². The van der Waals surface area contributed by atoms with Crippen molar-refractivity contribution < 1.29 is 12.8 Å². The summed E-state index contributed by atoms with van der Waals surface area (Å²) >= 11 is 0. The summed E-state index contributed by atoms with van der Waals surface area (Å²) in [4.78, 5) is 6.22. The second kappa shape index (κ2) is 7.59. The molecule has 24 heavy (non-hydrogen) atoms. The van der Waals surface area contributed by atoms with Crippen LogP contribution in [0.15, 0.2) is 41.4 Å². The Kier molecular flexibility index (Phi) is 5.74. The van der Waals surface area contributed by atoms with Crippen LogP contribution in [0.1, 0.15) is 5.56 Å². The first-order chi connectivity index (χ1) is 11.3. The van der Waals surface area contributed by atoms with Gasteiger partial charge in [-0.3, -0.25) is 4.72 Å². The molecule has 0 aliphatic heterocycles. The van der Waals surface area contributed by atoms with Crippen LogP contribution in [0.3, 0.4) is 0 Å². The van der Waals surface area contributed by atoms with Gasteiger partial charge in [-0.15, -0.1) is 0 Å². The van der Waals surface area contributed by atoms with Gasteiger partial charge < -0.3 is 10.2 Å². The minimum Gasteiger partial charge on any atom is -0.369 e. The van der Waals surface area contributed by atoms with Crippen LogP contribution < -0.4 is 10.0 Å². The highest BCUT2D eigenvalue weighted by Gasteiger charge is 2.15. The van der Waals surface area contributed by atoms with Gasteiger partial charge in [0, 0.05) is 13.1 Å². The Bertz CT molecular complexity index is 792. The lowest BCUT2D eigenvalue weighted by molar-refractivity contribution is 0.425. The predicted octanol–water partition coefficient (Wildman–Crippen LogP) is 2.30. The molecule has 1 heterocycles. The molecule has 0 spiro atoms. The van der Waals surface area contributed by atoms with Crippen molar-refractivity contribution >= 4 is 21.5 Å². The van der Waals surface area contributed by atoms with Crippen molar-refractivity contribution in [3.63, 3.8) is 0 Å². The zero-order chi connectivity index (χ0) is 17.7. The van der Waals surface area contributed by atoms with Crippen LogP contribution in [0.4, 0.5) is 15.9 Å². The number of likely N-dealkylation sites (N-methyl/N-ethyl adjacent to an activating group) is 1. The Balaban J connectivity index is 2.05. The van der Waals surface area contributed by atoms with Gasteiger partial charge >= 0.3 is 0 Å². The van der Waals surface area contributed by atoms with Crippen molar-refractivity contribution in [2.75, 3.05) is 37.2 Å². The Labute approximate surface area is 141 Å². The fourth-order valence-corrected chi connectivity index (χ4v) is 3.09. The first-order valence-electron chi connectivity index (χ1n) is 7.41. The molecular formula is C16H21FN4O2S. The molecule has 1 aromatic carbocycles. The Morgan fingerprint density at radius 2 is 1.96 bits per heavy atom. The number of rotatable bonds is 7. The molecule has 0 bridgehead atoms. The van der Waals surface area contributed by atoms with Crippen LogP contribution in [-0.4, -0.2) is 45.5 Å². The Morgan fingerprint density at radius 1 is 1.21 bits per heavy atom. The van der Waals surface area contributed by atoms with E-state index in [1.54, 1.807) is 12.1 Å². The number of pyridine rings is 1. The van der Waals surface area contributed by atoms with Gasteiger partial charge in [-0.25, -0.2) is 17.8 Å². The lowest BCUT2D eigenvalue weighted by Crippen LogP contribution is -2.21. The lowest BCUT2D eigenvalue weighted by atomic mass is 10.2. The summed E-state index contributed by atoms with van der Waals surface area (Å²) in [6.45, 7) is 3.12. The highest BCUT2D eigenvalue weighted by Crippen LogP contribution is 2.18. The van der Waals surface area contributed by atoms with Crippen LogP contribution >= 0.6 is 0 Å². The summed E-state index contributed by atoms with van der Waals surface area (Å²) in [5.41, 5.74) is 0.617. The van der Waals surface area contributed by atoms with Crippen molar-refractivity contribution in [3.8, 4) is 0 Å². The lowest BCUT2D eigenvalue weighted by Gasteiger charge is -2.12. The molecule has 6 nitrogen and oxygen atoms in total. The van der Waals surface area contributed by atoms with Crippen LogP contribution in [0.25, 0.3) is 0 Å². The smallest absolute Gasteiger partial charge is 0.261 e. The molecule has 0 fully saturated rings. The van der Waals surface area contributed by atoms with Crippen LogP contribution in [0, 0.1) is 12.7 Å². The van der Waals surface area contributed by atoms with Gasteiger partial charge in [0.2, 0.25) is 0 Å². The van der Waals surface area contributed by atoms with E-state index in [4.69, 9.17) is 0 Å². The highest BCUT2D eigenvalue weighted by molar-refractivity contribution is 7.92. The van der Waals surface area contributed by atoms with E-state index in [9.17, 15) is 12.8 Å². The molecule has 8 heteroatoms. The minimum atomic E-state index is -3.78. The first-order valence-corrected chi connectivity index (χ1v) is 8.90. The average molecular weight is 352 g/mol. The standard InChI is InChI=1S/C16H21FN4O2S/c1-12-10-14(5-6-15(12)17)24(22,23)20-13-4-7-16(19-11-13)18-8-9-21(2)3/h4-7,10-11,20H,8-9H2,1-3H3,(H,18,19). The summed E-state index contributed by atoms with van der Waals surface area (Å²) in [6, 6.07) is 6.99. The van der Waals surface area contributed by atoms with E-state index in [1.807, 2.05) is 19.0 Å². The zero-order valence-corrected chi connectivity index (χ0v) is 14.7. The molecule has 0 aliphatic carbocycles. The summed E-state index contributed by atoms with van der Waals surface area (Å²) in [5, 5.41) is 3.14. The molecule has 0 saturated heterocycles. The predicted molar refractivity (Wildman–Crippen MR) is 93.2 cm³/mol. The monoisotopic (exact) mass is 352 g/mol. The normalized spacial score (nSPS) is 11.5. The van der Waals surface area contributed by atoms with Crippen molar-refractivity contribution in [1.82, 2.24) is 9.88 Å². The molecule has 0 amide bonds. The number of aromatic nitrogens is 1. The van der Waals surface area contributed by atoms with Crippen molar-refractivity contribution in [1.29, 1.82) is 0 Å². The molecule has 2 aromatic rings. The summed E-state index contributed by atoms with van der Waals surface area (Å²) in [7, 11) is 0.175. The SMILES string of the molecule is Cc1cc(S(=O)(=O)Nc2ccc(NCCN(C)C)nc2)ccc1F. The number of sulfonamides is 1. The summed E-state index contributed by atoms with van der Waals surface area (Å²) in [5.74, 6) is 0.223. The molecule has 0 atom stereocenters. The number of halogens is 1. The number of benzene rings is 1. The van der Waals surface area contributed by atoms with Gasteiger partial charge in [-0.1, -0.05) is 0 Å². The van der Waals surface area contributed by atoms with Gasteiger partial charge in [0.05, 0.1) is 16.8 Å². The molecule has 0 unspecified atom stereocenters. The number of anilines is 2. The maximum atomic E-state index is 13.3. The molecule has 0 saturated carbocycles. The minimum absolute atomic E-state index is 0.00887. The quantitative estimate of drug-likeness (QED) is 0.800. The van der Waals surface area contributed by atoms with Gasteiger partial charge in [0.1, 0.15) is 11.6 Å². The van der Waals surface area contributed by atoms with Crippen LogP contribution in [0.5, 0.6) is 0 Å². The summed E-state index contributed by atoms with van der Waals surface area (Å²) < 4.78 is 40.3. The van der Waals surface area contributed by atoms with E-state index >= 15 is 0 Å². The van der Waals surface area contributed by atoms with E-state index in [0.717, 1.165) is 19.2 Å². The van der Waals surface area contributed by atoms with Gasteiger partial charge in [-0.2, -0.15) is 0 Å². The second-order valence-electron chi connectivity index (χ2n) is 5.68. The van der Waals surface area contributed by atoms with Crippen molar-refractivity contribution in [2.45, 2.75) is 11.8 Å². The molecule has 130 valence electrons. The highest BCUT2D eigenvalue weighted by atomic mass is 32.2. The van der Waals surface area contributed by atoms with E-state index in [0.29, 0.717) is 11.5 Å². The number of aryl methyl sites for hydroxylation is 1. The first kappa shape index (κ1) is 18.2. The van der Waals surface area contributed by atoms with Gasteiger partial charge in [0.25, 0.3) is 10.0 Å². The third-order valence-electron chi connectivity index (χ3n) is 3.32. The molecule has 2 rings (SSSR count). The Hall–Kier alpha value is -2.19. The molecule has 0 radical (unpaired) electrons. The topological polar surface area (TPSA) is 74.3 Å². The van der Waals surface area contributed by atoms with Crippen LogP contribution in [-0.2, 0) is 10.0 Å². The maximum Gasteiger partial charge on any atom is 0.261 e. The average Bonchev–Trinajstić information content (AvgIpc) is 2.51. The molecule has 1 aromatic heterocycles. The fourth-order valence-electron chi connectivity index (χ4n) is 1.96. The molecule has 0 aliphatic rings. The molecular weight excluding hydrogens is 331 g/mol. The third kappa shape index (κ3) is 4.90. The van der Waals surface area contributed by atoms with E-state index < -0.39 is 15.8 Å². The number of hydrogen-bond acceptors (Lipinski definition) is 5. The second-order valence-corrected chi connectivity index (χ2v) is 7.36.